The number of primary amides is 1. The zero-order chi connectivity index (χ0) is 11.3. The quantitative estimate of drug-likeness (QED) is 0.746. The summed E-state index contributed by atoms with van der Waals surface area (Å²) in [5, 5.41) is 0. The van der Waals surface area contributed by atoms with E-state index in [-0.39, 0.29) is 1.43 Å². The van der Waals surface area contributed by atoms with Crippen molar-refractivity contribution in [2.45, 2.75) is 48.0 Å². The van der Waals surface area contributed by atoms with E-state index in [0.717, 1.165) is 6.42 Å². The summed E-state index contributed by atoms with van der Waals surface area (Å²) in [5.74, 6) is 0.560. The molecule has 0 aliphatic heterocycles. The van der Waals surface area contributed by atoms with Crippen LogP contribution >= 0.6 is 0 Å². The minimum Gasteiger partial charge on any atom is -0.450 e. The van der Waals surface area contributed by atoms with Crippen LogP contribution in [-0.4, -0.2) is 12.7 Å². The molecule has 0 heterocycles. The van der Waals surface area contributed by atoms with Gasteiger partial charge in [-0.05, 0) is 12.3 Å². The van der Waals surface area contributed by atoms with Gasteiger partial charge in [-0.15, -0.1) is 0 Å². The van der Waals surface area contributed by atoms with Crippen molar-refractivity contribution < 1.29 is 11.0 Å². The minimum atomic E-state index is -0.685. The fourth-order valence-electron chi connectivity index (χ4n) is 0.395. The van der Waals surface area contributed by atoms with Gasteiger partial charge in [0.15, 0.2) is 0 Å². The second-order valence-corrected chi connectivity index (χ2v) is 2.35. The van der Waals surface area contributed by atoms with E-state index in [9.17, 15) is 4.79 Å². The highest BCUT2D eigenvalue weighted by Crippen LogP contribution is 1.97. The molecule has 0 aromatic heterocycles. The molecule has 0 aliphatic carbocycles. The highest BCUT2D eigenvalue weighted by atomic mass is 16.5. The SMILES string of the molecule is CC.CC.CC(C)CCOC(N)=O.[HH]. The molecule has 0 unspecified atom stereocenters. The van der Waals surface area contributed by atoms with Crippen molar-refractivity contribution in [3.63, 3.8) is 0 Å². The predicted octanol–water partition coefficient (Wildman–Crippen LogP) is 3.43. The van der Waals surface area contributed by atoms with E-state index in [0.29, 0.717) is 12.5 Å². The molecular formula is C10H27NO2. The van der Waals surface area contributed by atoms with Crippen molar-refractivity contribution in [1.29, 1.82) is 0 Å². The van der Waals surface area contributed by atoms with E-state index in [1.54, 1.807) is 0 Å². The molecule has 0 radical (unpaired) electrons. The molecule has 3 nitrogen and oxygen atoms in total. The highest BCUT2D eigenvalue weighted by Gasteiger charge is 1.95. The molecule has 0 bridgehead atoms. The third-order valence-electron chi connectivity index (χ3n) is 0.940. The number of ether oxygens (including phenoxy) is 1. The minimum absolute atomic E-state index is 0. The standard InChI is InChI=1S/C6H13NO2.2C2H6.H2/c1-5(2)3-4-9-6(7)8;2*1-2;/h5H,3-4H2,1-2H3,(H2,7,8);2*1-2H3;1H. The number of hydrogen-bond donors (Lipinski definition) is 1. The van der Waals surface area contributed by atoms with Crippen LogP contribution in [0.3, 0.4) is 0 Å². The molecule has 0 spiro atoms. The lowest BCUT2D eigenvalue weighted by Crippen LogP contribution is -2.14. The molecule has 0 aromatic carbocycles. The van der Waals surface area contributed by atoms with Crippen LogP contribution in [0.15, 0.2) is 0 Å². The lowest BCUT2D eigenvalue weighted by molar-refractivity contribution is 0.151. The molecule has 0 rings (SSSR count). The Labute approximate surface area is 84.1 Å². The molecule has 0 saturated carbocycles. The van der Waals surface area contributed by atoms with E-state index < -0.39 is 6.09 Å². The summed E-state index contributed by atoms with van der Waals surface area (Å²) in [6.07, 6.45) is 0.193. The van der Waals surface area contributed by atoms with Crippen molar-refractivity contribution in [3.8, 4) is 0 Å². The van der Waals surface area contributed by atoms with Crippen molar-refractivity contribution in [2.24, 2.45) is 11.7 Å². The van der Waals surface area contributed by atoms with Crippen LogP contribution in [0.2, 0.25) is 0 Å². The summed E-state index contributed by atoms with van der Waals surface area (Å²) in [6, 6.07) is 0. The Hall–Kier alpha value is -0.730. The largest absolute Gasteiger partial charge is 0.450 e. The predicted molar refractivity (Wildman–Crippen MR) is 59.8 cm³/mol. The maximum atomic E-state index is 9.98. The summed E-state index contributed by atoms with van der Waals surface area (Å²) < 4.78 is 4.49. The Balaban J connectivity index is -0.0000000883. The summed E-state index contributed by atoms with van der Waals surface area (Å²) in [6.45, 7) is 12.6. The summed E-state index contributed by atoms with van der Waals surface area (Å²) in [5.41, 5.74) is 4.72. The molecule has 0 fully saturated rings. The van der Waals surface area contributed by atoms with E-state index in [1.165, 1.54) is 0 Å². The number of hydrogen-bond acceptors (Lipinski definition) is 2. The Morgan fingerprint density at radius 2 is 1.69 bits per heavy atom. The van der Waals surface area contributed by atoms with Gasteiger partial charge in [0.1, 0.15) is 0 Å². The van der Waals surface area contributed by atoms with Gasteiger partial charge in [-0.3, -0.25) is 0 Å². The molecule has 3 heteroatoms. The van der Waals surface area contributed by atoms with Crippen molar-refractivity contribution in [3.05, 3.63) is 0 Å². The van der Waals surface area contributed by atoms with Crippen molar-refractivity contribution in [1.82, 2.24) is 0 Å². The maximum Gasteiger partial charge on any atom is 0.404 e. The van der Waals surface area contributed by atoms with Crippen LogP contribution in [0.1, 0.15) is 49.4 Å². The van der Waals surface area contributed by atoms with Crippen LogP contribution in [0.25, 0.3) is 0 Å². The third kappa shape index (κ3) is 34.9. The molecule has 0 saturated heterocycles. The Morgan fingerprint density at radius 3 is 1.92 bits per heavy atom. The average molecular weight is 193 g/mol. The fourth-order valence-corrected chi connectivity index (χ4v) is 0.395. The molecule has 84 valence electrons. The molecular weight excluding hydrogens is 166 g/mol. The first kappa shape index (κ1) is 18.1. The lowest BCUT2D eigenvalue weighted by Gasteiger charge is -2.02. The number of nitrogens with two attached hydrogens (primary N) is 1. The molecule has 0 aliphatic rings. The van der Waals surface area contributed by atoms with Gasteiger partial charge in [0.2, 0.25) is 0 Å². The van der Waals surface area contributed by atoms with Crippen LogP contribution in [-0.2, 0) is 4.74 Å². The first-order chi connectivity index (χ1) is 6.13. The molecule has 1 amide bonds. The second kappa shape index (κ2) is 17.4. The summed E-state index contributed by atoms with van der Waals surface area (Å²) in [7, 11) is 0. The number of amides is 1. The van der Waals surface area contributed by atoms with E-state index in [4.69, 9.17) is 5.73 Å². The zero-order valence-electron chi connectivity index (χ0n) is 9.89. The Bertz CT molecular complexity index is 98.1. The second-order valence-electron chi connectivity index (χ2n) is 2.35. The van der Waals surface area contributed by atoms with Gasteiger partial charge < -0.3 is 10.5 Å². The molecule has 2 N–H and O–H groups in total. The van der Waals surface area contributed by atoms with Crippen molar-refractivity contribution >= 4 is 6.09 Å². The van der Waals surface area contributed by atoms with Gasteiger partial charge in [-0.1, -0.05) is 41.5 Å². The fraction of sp³-hybridized carbons (Fsp3) is 0.900. The van der Waals surface area contributed by atoms with Crippen molar-refractivity contribution in [2.75, 3.05) is 6.61 Å². The topological polar surface area (TPSA) is 52.3 Å². The van der Waals surface area contributed by atoms with Gasteiger partial charge >= 0.3 is 6.09 Å². The van der Waals surface area contributed by atoms with E-state index in [2.05, 4.69) is 18.6 Å². The van der Waals surface area contributed by atoms with Crippen LogP contribution < -0.4 is 5.73 Å². The Kier molecular flexibility index (Phi) is 24.2. The van der Waals surface area contributed by atoms with Gasteiger partial charge in [0, 0.05) is 1.43 Å². The highest BCUT2D eigenvalue weighted by molar-refractivity contribution is 5.64. The average Bonchev–Trinajstić information content (AvgIpc) is 2.10. The van der Waals surface area contributed by atoms with Crippen LogP contribution in [0.5, 0.6) is 0 Å². The zero-order valence-corrected chi connectivity index (χ0v) is 9.89. The van der Waals surface area contributed by atoms with Gasteiger partial charge in [0.05, 0.1) is 6.61 Å². The Morgan fingerprint density at radius 1 is 1.31 bits per heavy atom. The number of carbonyl (C=O) groups is 1. The summed E-state index contributed by atoms with van der Waals surface area (Å²) >= 11 is 0. The molecule has 0 atom stereocenters. The summed E-state index contributed by atoms with van der Waals surface area (Å²) in [4.78, 5) is 9.98. The van der Waals surface area contributed by atoms with Gasteiger partial charge in [-0.2, -0.15) is 0 Å². The molecule has 13 heavy (non-hydrogen) atoms. The smallest absolute Gasteiger partial charge is 0.404 e. The first-order valence-corrected chi connectivity index (χ1v) is 5.05. The van der Waals surface area contributed by atoms with E-state index in [1.807, 2.05) is 27.7 Å². The third-order valence-corrected chi connectivity index (χ3v) is 0.940. The van der Waals surface area contributed by atoms with Gasteiger partial charge in [0.25, 0.3) is 0 Å². The first-order valence-electron chi connectivity index (χ1n) is 5.05. The van der Waals surface area contributed by atoms with Crippen LogP contribution in [0.4, 0.5) is 4.79 Å². The maximum absolute atomic E-state index is 9.98. The monoisotopic (exact) mass is 193 g/mol. The number of rotatable bonds is 3. The van der Waals surface area contributed by atoms with E-state index >= 15 is 0 Å². The normalized spacial score (nSPS) is 7.62. The van der Waals surface area contributed by atoms with Gasteiger partial charge in [-0.25, -0.2) is 4.79 Å². The number of carbonyl (C=O) groups excluding carboxylic acids is 1. The van der Waals surface area contributed by atoms with Crippen LogP contribution in [0, 0.1) is 5.92 Å². The molecule has 0 aromatic rings. The lowest BCUT2D eigenvalue weighted by atomic mass is 10.1.